The van der Waals surface area contributed by atoms with E-state index in [1.807, 2.05) is 12.1 Å². The van der Waals surface area contributed by atoms with E-state index >= 15 is 0 Å². The number of pyridine rings is 1. The van der Waals surface area contributed by atoms with Crippen LogP contribution in [0.4, 0.5) is 0 Å². The second-order valence-corrected chi connectivity index (χ2v) is 6.30. The molecule has 24 heavy (non-hydrogen) atoms. The van der Waals surface area contributed by atoms with Crippen LogP contribution in [0.15, 0.2) is 28.7 Å². The molecule has 2 aromatic rings. The van der Waals surface area contributed by atoms with Crippen LogP contribution in [0.1, 0.15) is 17.5 Å². The van der Waals surface area contributed by atoms with Crippen molar-refractivity contribution in [2.75, 3.05) is 21.3 Å². The van der Waals surface area contributed by atoms with Gasteiger partial charge in [-0.25, -0.2) is 4.98 Å². The highest BCUT2D eigenvalue weighted by Gasteiger charge is 2.20. The summed E-state index contributed by atoms with van der Waals surface area (Å²) in [6, 6.07) is 7.10. The summed E-state index contributed by atoms with van der Waals surface area (Å²) in [5.41, 5.74) is 1.11. The van der Waals surface area contributed by atoms with Gasteiger partial charge in [0.25, 0.3) is 0 Å². The molecule has 0 bridgehead atoms. The molecule has 1 aromatic carbocycles. The quantitative estimate of drug-likeness (QED) is 0.569. The topological polar surface area (TPSA) is 49.8 Å². The third kappa shape index (κ3) is 4.32. The van der Waals surface area contributed by atoms with Crippen molar-refractivity contribution in [2.24, 2.45) is 0 Å². The molecule has 130 valence electrons. The van der Waals surface area contributed by atoms with Gasteiger partial charge < -0.3 is 18.9 Å². The zero-order chi connectivity index (χ0) is 17.7. The molecule has 5 nitrogen and oxygen atoms in total. The molecule has 0 aliphatic carbocycles. The summed E-state index contributed by atoms with van der Waals surface area (Å²) in [6.07, 6.45) is -0.626. The molecule has 0 fully saturated rings. The standard InChI is InChI=1S/C16H16BrCl2NO4/c1-21-15-9(16(22-2)23-3)7-11(18)12(20-15)8-24-13-6-4-5-10(17)14(13)19/h4-7,16H,8H2,1-3H3. The van der Waals surface area contributed by atoms with E-state index in [2.05, 4.69) is 20.9 Å². The van der Waals surface area contributed by atoms with Crippen LogP contribution in [0, 0.1) is 0 Å². The van der Waals surface area contributed by atoms with Crippen LogP contribution in [0.5, 0.6) is 11.6 Å². The lowest BCUT2D eigenvalue weighted by molar-refractivity contribution is -0.107. The summed E-state index contributed by atoms with van der Waals surface area (Å²) in [5, 5.41) is 0.895. The highest BCUT2D eigenvalue weighted by molar-refractivity contribution is 9.10. The molecule has 0 unspecified atom stereocenters. The Kier molecular flexibility index (Phi) is 7.13. The maximum Gasteiger partial charge on any atom is 0.221 e. The number of nitrogens with zero attached hydrogens (tertiary/aromatic N) is 1. The minimum atomic E-state index is -0.626. The Morgan fingerprint density at radius 1 is 1.17 bits per heavy atom. The van der Waals surface area contributed by atoms with Crippen LogP contribution < -0.4 is 9.47 Å². The molecular weight excluding hydrogens is 421 g/mol. The minimum absolute atomic E-state index is 0.135. The molecule has 0 amide bonds. The lowest BCUT2D eigenvalue weighted by Gasteiger charge is -2.18. The Bertz CT molecular complexity index is 711. The summed E-state index contributed by atoms with van der Waals surface area (Å²) in [4.78, 5) is 4.38. The first-order chi connectivity index (χ1) is 11.5. The van der Waals surface area contributed by atoms with Crippen molar-refractivity contribution in [1.29, 1.82) is 0 Å². The predicted molar refractivity (Wildman–Crippen MR) is 96.0 cm³/mol. The van der Waals surface area contributed by atoms with Gasteiger partial charge in [-0.2, -0.15) is 0 Å². The molecule has 0 atom stereocenters. The fraction of sp³-hybridized carbons (Fsp3) is 0.312. The lowest BCUT2D eigenvalue weighted by Crippen LogP contribution is -2.09. The maximum atomic E-state index is 6.30. The molecule has 1 aromatic heterocycles. The predicted octanol–water partition coefficient (Wildman–Crippen LogP) is 5.03. The van der Waals surface area contributed by atoms with E-state index in [4.69, 9.17) is 42.1 Å². The Morgan fingerprint density at radius 2 is 1.88 bits per heavy atom. The van der Waals surface area contributed by atoms with E-state index in [-0.39, 0.29) is 6.61 Å². The highest BCUT2D eigenvalue weighted by Crippen LogP contribution is 2.34. The molecular formula is C16H16BrCl2NO4. The van der Waals surface area contributed by atoms with Gasteiger partial charge in [0.05, 0.1) is 22.7 Å². The zero-order valence-corrected chi connectivity index (χ0v) is 16.4. The van der Waals surface area contributed by atoms with Crippen LogP contribution >= 0.6 is 39.1 Å². The Morgan fingerprint density at radius 3 is 2.50 bits per heavy atom. The molecule has 0 aliphatic heterocycles. The monoisotopic (exact) mass is 435 g/mol. The number of ether oxygens (including phenoxy) is 4. The number of rotatable bonds is 7. The number of hydrogen-bond acceptors (Lipinski definition) is 5. The van der Waals surface area contributed by atoms with Crippen molar-refractivity contribution in [1.82, 2.24) is 4.98 Å². The molecule has 2 rings (SSSR count). The van der Waals surface area contributed by atoms with Gasteiger partial charge in [0, 0.05) is 18.7 Å². The van der Waals surface area contributed by atoms with Gasteiger partial charge >= 0.3 is 0 Å². The normalized spacial score (nSPS) is 11.0. The van der Waals surface area contributed by atoms with E-state index in [1.54, 1.807) is 12.1 Å². The molecule has 0 saturated heterocycles. The maximum absolute atomic E-state index is 6.30. The van der Waals surface area contributed by atoms with E-state index in [0.29, 0.717) is 32.9 Å². The highest BCUT2D eigenvalue weighted by atomic mass is 79.9. The minimum Gasteiger partial charge on any atom is -0.486 e. The van der Waals surface area contributed by atoms with Crippen molar-refractivity contribution in [2.45, 2.75) is 12.9 Å². The molecule has 1 heterocycles. The smallest absolute Gasteiger partial charge is 0.221 e. The zero-order valence-electron chi connectivity index (χ0n) is 13.3. The molecule has 0 radical (unpaired) electrons. The first-order valence-corrected chi connectivity index (χ1v) is 8.42. The second kappa shape index (κ2) is 8.87. The summed E-state index contributed by atoms with van der Waals surface area (Å²) < 4.78 is 22.2. The molecule has 0 saturated carbocycles. The van der Waals surface area contributed by atoms with Crippen LogP contribution in [-0.4, -0.2) is 26.3 Å². The number of benzene rings is 1. The Balaban J connectivity index is 2.26. The number of aromatic nitrogens is 1. The van der Waals surface area contributed by atoms with Crippen molar-refractivity contribution in [3.05, 3.63) is 50.0 Å². The fourth-order valence-electron chi connectivity index (χ4n) is 2.05. The molecule has 0 aliphatic rings. The van der Waals surface area contributed by atoms with Gasteiger partial charge in [0.2, 0.25) is 5.88 Å². The van der Waals surface area contributed by atoms with Gasteiger partial charge in [-0.1, -0.05) is 29.3 Å². The van der Waals surface area contributed by atoms with Gasteiger partial charge in [-0.3, -0.25) is 0 Å². The van der Waals surface area contributed by atoms with Gasteiger partial charge in [0.15, 0.2) is 6.29 Å². The first kappa shape index (κ1) is 19.3. The number of hydrogen-bond donors (Lipinski definition) is 0. The van der Waals surface area contributed by atoms with Crippen molar-refractivity contribution >= 4 is 39.1 Å². The van der Waals surface area contributed by atoms with Crippen LogP contribution in [-0.2, 0) is 16.1 Å². The van der Waals surface area contributed by atoms with Crippen molar-refractivity contribution < 1.29 is 18.9 Å². The number of methoxy groups -OCH3 is 3. The fourth-order valence-corrected chi connectivity index (χ4v) is 2.79. The van der Waals surface area contributed by atoms with E-state index in [0.717, 1.165) is 4.47 Å². The lowest BCUT2D eigenvalue weighted by atomic mass is 10.2. The SMILES string of the molecule is COc1nc(COc2cccc(Br)c2Cl)c(Cl)cc1C(OC)OC. The first-order valence-electron chi connectivity index (χ1n) is 6.87. The van der Waals surface area contributed by atoms with E-state index < -0.39 is 6.29 Å². The average Bonchev–Trinajstić information content (AvgIpc) is 2.58. The van der Waals surface area contributed by atoms with Crippen molar-refractivity contribution in [3.63, 3.8) is 0 Å². The second-order valence-electron chi connectivity index (χ2n) is 4.66. The average molecular weight is 437 g/mol. The third-order valence-corrected chi connectivity index (χ3v) is 4.80. The summed E-state index contributed by atoms with van der Waals surface area (Å²) in [6.45, 7) is 0.135. The largest absolute Gasteiger partial charge is 0.486 e. The Hall–Kier alpha value is -1.05. The van der Waals surface area contributed by atoms with Crippen LogP contribution in [0.25, 0.3) is 0 Å². The third-order valence-electron chi connectivity index (χ3n) is 3.20. The van der Waals surface area contributed by atoms with Gasteiger partial charge in [0.1, 0.15) is 18.1 Å². The van der Waals surface area contributed by atoms with Crippen LogP contribution in [0.3, 0.4) is 0 Å². The summed E-state index contributed by atoms with van der Waals surface area (Å²) in [7, 11) is 4.56. The Labute approximate surface area is 158 Å². The van der Waals surface area contributed by atoms with Gasteiger partial charge in [-0.05, 0) is 34.1 Å². The van der Waals surface area contributed by atoms with Gasteiger partial charge in [-0.15, -0.1) is 0 Å². The van der Waals surface area contributed by atoms with E-state index in [9.17, 15) is 0 Å². The van der Waals surface area contributed by atoms with Crippen molar-refractivity contribution in [3.8, 4) is 11.6 Å². The summed E-state index contributed by atoms with van der Waals surface area (Å²) >= 11 is 15.8. The molecule has 8 heteroatoms. The molecule has 0 spiro atoms. The summed E-state index contributed by atoms with van der Waals surface area (Å²) in [5.74, 6) is 0.880. The molecule has 0 N–H and O–H groups in total. The number of halogens is 3. The van der Waals surface area contributed by atoms with Crippen LogP contribution in [0.2, 0.25) is 10.0 Å². The van der Waals surface area contributed by atoms with E-state index in [1.165, 1.54) is 21.3 Å².